The third-order valence-electron chi connectivity index (χ3n) is 5.80. The number of aliphatic hydroxyl groups is 1. The molecule has 2 aliphatic heterocycles. The highest BCUT2D eigenvalue weighted by molar-refractivity contribution is 5.81. The molecule has 0 bridgehead atoms. The molecule has 3 heterocycles. The van der Waals surface area contributed by atoms with Gasteiger partial charge < -0.3 is 20.2 Å². The van der Waals surface area contributed by atoms with Crippen LogP contribution in [0.25, 0.3) is 10.9 Å². The van der Waals surface area contributed by atoms with E-state index >= 15 is 0 Å². The SMILES string of the molecule is O[C@@H](CNCc1cc2ccccc2nc1N1CCCCC1)CN1CCCC1. The summed E-state index contributed by atoms with van der Waals surface area (Å²) in [6.07, 6.45) is 6.03. The molecule has 0 saturated carbocycles. The number of pyridine rings is 1. The van der Waals surface area contributed by atoms with Crippen LogP contribution in [0.3, 0.4) is 0 Å². The fraction of sp³-hybridized carbons (Fsp3) is 0.591. The third kappa shape index (κ3) is 4.78. The number of aromatic nitrogens is 1. The molecule has 2 aromatic rings. The average molecular weight is 369 g/mol. The van der Waals surface area contributed by atoms with Gasteiger partial charge in [0, 0.05) is 43.7 Å². The summed E-state index contributed by atoms with van der Waals surface area (Å²) < 4.78 is 0. The highest BCUT2D eigenvalue weighted by Crippen LogP contribution is 2.26. The number of likely N-dealkylation sites (tertiary alicyclic amines) is 1. The molecule has 0 aliphatic carbocycles. The highest BCUT2D eigenvalue weighted by Gasteiger charge is 2.18. The number of piperidine rings is 1. The summed E-state index contributed by atoms with van der Waals surface area (Å²) in [6.45, 7) is 6.60. The molecule has 1 atom stereocenters. The number of para-hydroxylation sites is 1. The number of benzene rings is 1. The summed E-state index contributed by atoms with van der Waals surface area (Å²) >= 11 is 0. The molecule has 4 rings (SSSR count). The molecular formula is C22H32N4O. The Bertz CT molecular complexity index is 738. The Kier molecular flexibility index (Phi) is 6.22. The van der Waals surface area contributed by atoms with Gasteiger partial charge in [-0.3, -0.25) is 0 Å². The summed E-state index contributed by atoms with van der Waals surface area (Å²) in [4.78, 5) is 9.80. The van der Waals surface area contributed by atoms with Crippen LogP contribution in [0.1, 0.15) is 37.7 Å². The first kappa shape index (κ1) is 18.7. The Morgan fingerprint density at radius 3 is 2.56 bits per heavy atom. The van der Waals surface area contributed by atoms with Crippen LogP contribution >= 0.6 is 0 Å². The lowest BCUT2D eigenvalue weighted by Gasteiger charge is -2.30. The molecule has 0 unspecified atom stereocenters. The Labute approximate surface area is 162 Å². The number of rotatable bonds is 7. The van der Waals surface area contributed by atoms with Gasteiger partial charge in [0.2, 0.25) is 0 Å². The zero-order valence-corrected chi connectivity index (χ0v) is 16.2. The predicted molar refractivity (Wildman–Crippen MR) is 111 cm³/mol. The van der Waals surface area contributed by atoms with Gasteiger partial charge in [-0.15, -0.1) is 0 Å². The average Bonchev–Trinajstić information content (AvgIpc) is 3.21. The van der Waals surface area contributed by atoms with E-state index in [4.69, 9.17) is 4.98 Å². The number of fused-ring (bicyclic) bond motifs is 1. The molecule has 2 aliphatic rings. The fourth-order valence-electron chi connectivity index (χ4n) is 4.36. The number of β-amino-alcohol motifs (C(OH)–C–C–N with tert-alkyl or cyclic N) is 1. The standard InChI is InChI=1S/C22H32N4O/c27-20(17-25-10-6-7-11-25)16-23-15-19-14-18-8-2-3-9-21(18)24-22(19)26-12-4-1-5-13-26/h2-3,8-9,14,20,23,27H,1,4-7,10-13,15-17H2/t20-/m0/s1. The normalized spacial score (nSPS) is 19.7. The summed E-state index contributed by atoms with van der Waals surface area (Å²) in [5, 5.41) is 15.0. The van der Waals surface area contributed by atoms with Crippen LogP contribution in [0.4, 0.5) is 5.82 Å². The van der Waals surface area contributed by atoms with E-state index in [9.17, 15) is 5.11 Å². The van der Waals surface area contributed by atoms with Gasteiger partial charge in [0.25, 0.3) is 0 Å². The van der Waals surface area contributed by atoms with E-state index in [1.807, 2.05) is 0 Å². The van der Waals surface area contributed by atoms with Crippen LogP contribution in [0.2, 0.25) is 0 Å². The first-order valence-corrected chi connectivity index (χ1v) is 10.5. The Morgan fingerprint density at radius 1 is 1.00 bits per heavy atom. The van der Waals surface area contributed by atoms with E-state index in [0.29, 0.717) is 6.54 Å². The quantitative estimate of drug-likeness (QED) is 0.787. The number of aliphatic hydroxyl groups excluding tert-OH is 1. The monoisotopic (exact) mass is 368 g/mol. The zero-order valence-electron chi connectivity index (χ0n) is 16.2. The lowest BCUT2D eigenvalue weighted by atomic mass is 10.1. The molecule has 0 spiro atoms. The zero-order chi connectivity index (χ0) is 18.5. The topological polar surface area (TPSA) is 51.6 Å². The van der Waals surface area contributed by atoms with Crippen molar-refractivity contribution in [3.05, 3.63) is 35.9 Å². The van der Waals surface area contributed by atoms with Gasteiger partial charge in [0.1, 0.15) is 5.82 Å². The number of anilines is 1. The molecule has 0 radical (unpaired) electrons. The van der Waals surface area contributed by atoms with Crippen LogP contribution in [0.15, 0.2) is 30.3 Å². The first-order chi connectivity index (χ1) is 13.3. The van der Waals surface area contributed by atoms with Crippen LogP contribution in [0, 0.1) is 0 Å². The smallest absolute Gasteiger partial charge is 0.133 e. The minimum absolute atomic E-state index is 0.310. The van der Waals surface area contributed by atoms with Gasteiger partial charge in [-0.25, -0.2) is 4.98 Å². The van der Waals surface area contributed by atoms with Gasteiger partial charge in [0.15, 0.2) is 0 Å². The van der Waals surface area contributed by atoms with E-state index in [1.165, 1.54) is 43.1 Å². The molecule has 5 nitrogen and oxygen atoms in total. The van der Waals surface area contributed by atoms with Crippen molar-refractivity contribution >= 4 is 16.7 Å². The van der Waals surface area contributed by atoms with Crippen molar-refractivity contribution in [3.63, 3.8) is 0 Å². The van der Waals surface area contributed by atoms with Crippen LogP contribution in [0.5, 0.6) is 0 Å². The molecule has 2 N–H and O–H groups in total. The van der Waals surface area contributed by atoms with Crippen LogP contribution in [-0.2, 0) is 6.54 Å². The van der Waals surface area contributed by atoms with Crippen LogP contribution < -0.4 is 10.2 Å². The maximum atomic E-state index is 10.3. The predicted octanol–water partition coefficient (Wildman–Crippen LogP) is 2.77. The van der Waals surface area contributed by atoms with Crippen molar-refractivity contribution in [1.29, 1.82) is 0 Å². The third-order valence-corrected chi connectivity index (χ3v) is 5.80. The van der Waals surface area contributed by atoms with E-state index in [0.717, 1.165) is 50.6 Å². The van der Waals surface area contributed by atoms with Gasteiger partial charge in [-0.1, -0.05) is 18.2 Å². The maximum Gasteiger partial charge on any atom is 0.133 e. The lowest BCUT2D eigenvalue weighted by molar-refractivity contribution is 0.123. The van der Waals surface area contributed by atoms with Gasteiger partial charge in [0.05, 0.1) is 11.6 Å². The van der Waals surface area contributed by atoms with E-state index in [1.54, 1.807) is 0 Å². The second-order valence-corrected chi connectivity index (χ2v) is 8.00. The van der Waals surface area contributed by atoms with Crippen LogP contribution in [-0.4, -0.2) is 60.4 Å². The largest absolute Gasteiger partial charge is 0.390 e. The van der Waals surface area contributed by atoms with E-state index < -0.39 is 0 Å². The summed E-state index contributed by atoms with van der Waals surface area (Å²) in [6, 6.07) is 10.6. The molecule has 1 aromatic carbocycles. The van der Waals surface area contributed by atoms with Gasteiger partial charge >= 0.3 is 0 Å². The van der Waals surface area contributed by atoms with Gasteiger partial charge in [-0.05, 0) is 57.3 Å². The minimum atomic E-state index is -0.310. The second kappa shape index (κ2) is 9.00. The van der Waals surface area contributed by atoms with Crippen molar-refractivity contribution in [3.8, 4) is 0 Å². The molecule has 0 amide bonds. The van der Waals surface area contributed by atoms with Crippen molar-refractivity contribution in [2.75, 3.05) is 44.2 Å². The molecule has 2 saturated heterocycles. The maximum absolute atomic E-state index is 10.3. The molecule has 5 heteroatoms. The molecular weight excluding hydrogens is 336 g/mol. The number of nitrogens with one attached hydrogen (secondary N) is 1. The molecule has 1 aromatic heterocycles. The minimum Gasteiger partial charge on any atom is -0.390 e. The van der Waals surface area contributed by atoms with Crippen molar-refractivity contribution in [1.82, 2.24) is 15.2 Å². The number of hydrogen-bond donors (Lipinski definition) is 2. The summed E-state index contributed by atoms with van der Waals surface area (Å²) in [5.41, 5.74) is 2.31. The van der Waals surface area contributed by atoms with E-state index in [2.05, 4.69) is 45.4 Å². The first-order valence-electron chi connectivity index (χ1n) is 10.5. The summed E-state index contributed by atoms with van der Waals surface area (Å²) in [5.74, 6) is 1.12. The molecule has 27 heavy (non-hydrogen) atoms. The Hall–Kier alpha value is -1.69. The summed E-state index contributed by atoms with van der Waals surface area (Å²) in [7, 11) is 0. The molecule has 2 fully saturated rings. The highest BCUT2D eigenvalue weighted by atomic mass is 16.3. The van der Waals surface area contributed by atoms with Crippen molar-refractivity contribution in [2.24, 2.45) is 0 Å². The number of nitrogens with zero attached hydrogens (tertiary/aromatic N) is 3. The van der Waals surface area contributed by atoms with E-state index in [-0.39, 0.29) is 6.10 Å². The Balaban J connectivity index is 1.44. The molecule has 146 valence electrons. The van der Waals surface area contributed by atoms with Crippen molar-refractivity contribution < 1.29 is 5.11 Å². The number of hydrogen-bond acceptors (Lipinski definition) is 5. The lowest BCUT2D eigenvalue weighted by Crippen LogP contribution is -2.37. The fourth-order valence-corrected chi connectivity index (χ4v) is 4.36. The Morgan fingerprint density at radius 2 is 1.74 bits per heavy atom. The van der Waals surface area contributed by atoms with Gasteiger partial charge in [-0.2, -0.15) is 0 Å². The van der Waals surface area contributed by atoms with Crippen molar-refractivity contribution in [2.45, 2.75) is 44.8 Å². The second-order valence-electron chi connectivity index (χ2n) is 8.00.